The van der Waals surface area contributed by atoms with Crippen LogP contribution in [0.1, 0.15) is 40.5 Å². The predicted octanol–water partition coefficient (Wildman–Crippen LogP) is 2.59. The molecule has 1 aliphatic carbocycles. The summed E-state index contributed by atoms with van der Waals surface area (Å²) in [6, 6.07) is 1.92. The Morgan fingerprint density at radius 3 is 2.83 bits per heavy atom. The summed E-state index contributed by atoms with van der Waals surface area (Å²) in [5.41, 5.74) is 6.78. The van der Waals surface area contributed by atoms with Crippen LogP contribution in [0.25, 0.3) is 5.65 Å². The molecule has 3 heterocycles. The summed E-state index contributed by atoms with van der Waals surface area (Å²) in [5.74, 6) is 1.93. The molecule has 3 aromatic heterocycles. The molecule has 24 heavy (non-hydrogen) atoms. The molecule has 0 aromatic carbocycles. The van der Waals surface area contributed by atoms with Crippen molar-refractivity contribution in [2.24, 2.45) is 0 Å². The number of aryl methyl sites for hydroxylation is 3. The fourth-order valence-corrected chi connectivity index (χ4v) is 3.43. The minimum atomic E-state index is 0.775. The lowest BCUT2D eigenvalue weighted by Crippen LogP contribution is -2.14. The molecule has 0 spiro atoms. The Morgan fingerprint density at radius 2 is 1.96 bits per heavy atom. The second kappa shape index (κ2) is 5.85. The molecule has 0 unspecified atom stereocenters. The SMILES string of the molecule is Cc1nc2ccnn2c(NCCc2nc(C)c3c(n2)CCC3)c1C. The van der Waals surface area contributed by atoms with Crippen molar-refractivity contribution in [3.05, 3.63) is 46.3 Å². The molecule has 6 nitrogen and oxygen atoms in total. The Hall–Kier alpha value is -2.50. The predicted molar refractivity (Wildman–Crippen MR) is 93.4 cm³/mol. The average molecular weight is 322 g/mol. The zero-order valence-electron chi connectivity index (χ0n) is 14.4. The third-order valence-electron chi connectivity index (χ3n) is 4.84. The molecule has 0 saturated carbocycles. The van der Waals surface area contributed by atoms with Gasteiger partial charge in [-0.25, -0.2) is 15.0 Å². The van der Waals surface area contributed by atoms with Gasteiger partial charge >= 0.3 is 0 Å². The molecule has 0 radical (unpaired) electrons. The van der Waals surface area contributed by atoms with E-state index in [1.807, 2.05) is 17.5 Å². The van der Waals surface area contributed by atoms with E-state index in [-0.39, 0.29) is 0 Å². The Labute approximate surface area is 141 Å². The van der Waals surface area contributed by atoms with Gasteiger partial charge in [0.25, 0.3) is 0 Å². The molecule has 1 N–H and O–H groups in total. The van der Waals surface area contributed by atoms with Gasteiger partial charge in [0.2, 0.25) is 0 Å². The highest BCUT2D eigenvalue weighted by molar-refractivity contribution is 5.54. The minimum Gasteiger partial charge on any atom is -0.369 e. The Morgan fingerprint density at radius 1 is 1.08 bits per heavy atom. The summed E-state index contributed by atoms with van der Waals surface area (Å²) >= 11 is 0. The zero-order valence-corrected chi connectivity index (χ0v) is 14.4. The molecule has 1 aliphatic rings. The second-order valence-corrected chi connectivity index (χ2v) is 6.45. The molecular formula is C18H22N6. The summed E-state index contributed by atoms with van der Waals surface area (Å²) in [4.78, 5) is 14.0. The Balaban J connectivity index is 1.53. The zero-order chi connectivity index (χ0) is 16.7. The quantitative estimate of drug-likeness (QED) is 0.799. The molecule has 0 fully saturated rings. The van der Waals surface area contributed by atoms with Gasteiger partial charge in [0.15, 0.2) is 5.65 Å². The molecule has 0 saturated heterocycles. The van der Waals surface area contributed by atoms with Crippen LogP contribution in [0.2, 0.25) is 0 Å². The first kappa shape index (κ1) is 15.1. The van der Waals surface area contributed by atoms with Crippen molar-refractivity contribution in [3.63, 3.8) is 0 Å². The van der Waals surface area contributed by atoms with Gasteiger partial charge in [-0.1, -0.05) is 0 Å². The van der Waals surface area contributed by atoms with Crippen LogP contribution >= 0.6 is 0 Å². The summed E-state index contributed by atoms with van der Waals surface area (Å²) in [5, 5.41) is 7.87. The number of anilines is 1. The highest BCUT2D eigenvalue weighted by Crippen LogP contribution is 2.22. The Kier molecular flexibility index (Phi) is 3.67. The van der Waals surface area contributed by atoms with E-state index >= 15 is 0 Å². The first-order valence-corrected chi connectivity index (χ1v) is 8.53. The maximum Gasteiger partial charge on any atom is 0.157 e. The van der Waals surface area contributed by atoms with Crippen molar-refractivity contribution in [3.8, 4) is 0 Å². The molecule has 124 valence electrons. The fourth-order valence-electron chi connectivity index (χ4n) is 3.43. The highest BCUT2D eigenvalue weighted by Gasteiger charge is 2.17. The number of nitrogens with zero attached hydrogens (tertiary/aromatic N) is 5. The average Bonchev–Trinajstić information content (AvgIpc) is 3.20. The van der Waals surface area contributed by atoms with Gasteiger partial charge in [0, 0.05) is 41.7 Å². The summed E-state index contributed by atoms with van der Waals surface area (Å²) in [6.45, 7) is 6.98. The van der Waals surface area contributed by atoms with Gasteiger partial charge in [-0.05, 0) is 45.6 Å². The number of hydrogen-bond acceptors (Lipinski definition) is 5. The van der Waals surface area contributed by atoms with Gasteiger partial charge in [-0.15, -0.1) is 0 Å². The van der Waals surface area contributed by atoms with Crippen LogP contribution in [0.4, 0.5) is 5.82 Å². The summed E-state index contributed by atoms with van der Waals surface area (Å²) in [7, 11) is 0. The number of rotatable bonds is 4. The van der Waals surface area contributed by atoms with E-state index in [1.54, 1.807) is 6.20 Å². The van der Waals surface area contributed by atoms with Gasteiger partial charge in [0.05, 0.1) is 6.20 Å². The summed E-state index contributed by atoms with van der Waals surface area (Å²) in [6.07, 6.45) is 6.01. The van der Waals surface area contributed by atoms with E-state index in [1.165, 1.54) is 17.7 Å². The first-order valence-electron chi connectivity index (χ1n) is 8.53. The maximum absolute atomic E-state index is 4.75. The Bertz CT molecular complexity index is 912. The normalized spacial score (nSPS) is 13.5. The maximum atomic E-state index is 4.75. The van der Waals surface area contributed by atoms with Crippen molar-refractivity contribution in [2.75, 3.05) is 11.9 Å². The van der Waals surface area contributed by atoms with Crippen LogP contribution in [0, 0.1) is 20.8 Å². The standard InChI is InChI=1S/C18H22N6/c1-11-12(2)22-17-8-10-20-24(17)18(11)19-9-7-16-21-13(3)14-5-4-6-15(14)23-16/h8,10,19H,4-7,9H2,1-3H3. The van der Waals surface area contributed by atoms with Crippen molar-refractivity contribution < 1.29 is 0 Å². The molecule has 0 atom stereocenters. The van der Waals surface area contributed by atoms with E-state index in [4.69, 9.17) is 4.98 Å². The fraction of sp³-hybridized carbons (Fsp3) is 0.444. The van der Waals surface area contributed by atoms with E-state index < -0.39 is 0 Å². The second-order valence-electron chi connectivity index (χ2n) is 6.45. The topological polar surface area (TPSA) is 68.0 Å². The number of aromatic nitrogens is 5. The van der Waals surface area contributed by atoms with E-state index in [0.717, 1.165) is 60.0 Å². The van der Waals surface area contributed by atoms with Gasteiger partial charge in [-0.3, -0.25) is 0 Å². The number of nitrogens with one attached hydrogen (secondary N) is 1. The molecule has 6 heteroatoms. The lowest BCUT2D eigenvalue weighted by atomic mass is 10.2. The molecule has 3 aromatic rings. The summed E-state index contributed by atoms with van der Waals surface area (Å²) < 4.78 is 1.86. The van der Waals surface area contributed by atoms with E-state index in [9.17, 15) is 0 Å². The van der Waals surface area contributed by atoms with E-state index in [2.05, 4.69) is 34.2 Å². The van der Waals surface area contributed by atoms with Crippen molar-refractivity contribution >= 4 is 11.5 Å². The molecular weight excluding hydrogens is 300 g/mol. The number of fused-ring (bicyclic) bond motifs is 2. The van der Waals surface area contributed by atoms with Crippen molar-refractivity contribution in [1.82, 2.24) is 24.6 Å². The van der Waals surface area contributed by atoms with Gasteiger partial charge < -0.3 is 5.32 Å². The van der Waals surface area contributed by atoms with Crippen LogP contribution < -0.4 is 5.32 Å². The largest absolute Gasteiger partial charge is 0.369 e. The lowest BCUT2D eigenvalue weighted by Gasteiger charge is -2.13. The molecule has 0 aliphatic heterocycles. The smallest absolute Gasteiger partial charge is 0.157 e. The van der Waals surface area contributed by atoms with Gasteiger partial charge in [-0.2, -0.15) is 9.61 Å². The monoisotopic (exact) mass is 322 g/mol. The highest BCUT2D eigenvalue weighted by atomic mass is 15.3. The lowest BCUT2D eigenvalue weighted by molar-refractivity contribution is 0.833. The van der Waals surface area contributed by atoms with E-state index in [0.29, 0.717) is 0 Å². The third kappa shape index (κ3) is 2.52. The molecule has 0 bridgehead atoms. The first-order chi connectivity index (χ1) is 11.6. The number of hydrogen-bond donors (Lipinski definition) is 1. The van der Waals surface area contributed by atoms with Crippen LogP contribution in [-0.4, -0.2) is 31.1 Å². The molecule has 4 rings (SSSR count). The van der Waals surface area contributed by atoms with Crippen LogP contribution in [0.3, 0.4) is 0 Å². The van der Waals surface area contributed by atoms with Crippen molar-refractivity contribution in [2.45, 2.75) is 46.5 Å². The van der Waals surface area contributed by atoms with Crippen LogP contribution in [-0.2, 0) is 19.3 Å². The molecule has 0 amide bonds. The van der Waals surface area contributed by atoms with Crippen LogP contribution in [0.15, 0.2) is 12.3 Å². The third-order valence-corrected chi connectivity index (χ3v) is 4.84. The van der Waals surface area contributed by atoms with Crippen LogP contribution in [0.5, 0.6) is 0 Å². The van der Waals surface area contributed by atoms with Gasteiger partial charge in [0.1, 0.15) is 11.6 Å². The van der Waals surface area contributed by atoms with Crippen molar-refractivity contribution in [1.29, 1.82) is 0 Å². The minimum absolute atomic E-state index is 0.775.